The number of aliphatic hydroxyl groups is 2. The number of carbonyl (C=O) groups is 2. The first-order valence-electron chi connectivity index (χ1n) is 29.3. The van der Waals surface area contributed by atoms with Gasteiger partial charge in [-0.25, -0.2) is 0 Å². The fourth-order valence-electron chi connectivity index (χ4n) is 9.41. The molecule has 6 nitrogen and oxygen atoms in total. The Labute approximate surface area is 400 Å². The van der Waals surface area contributed by atoms with Gasteiger partial charge in [-0.1, -0.05) is 296 Å². The monoisotopic (exact) mass is 906 g/mol. The van der Waals surface area contributed by atoms with E-state index in [4.69, 9.17) is 4.74 Å². The average Bonchev–Trinajstić information content (AvgIpc) is 3.29. The minimum atomic E-state index is -0.664. The van der Waals surface area contributed by atoms with Crippen LogP contribution in [0.5, 0.6) is 0 Å². The third-order valence-corrected chi connectivity index (χ3v) is 13.9. The van der Waals surface area contributed by atoms with Crippen LogP contribution in [0.2, 0.25) is 0 Å². The Kier molecular flexibility index (Phi) is 53.5. The molecule has 0 saturated carbocycles. The van der Waals surface area contributed by atoms with E-state index in [1.807, 2.05) is 0 Å². The number of hydrogen-bond donors (Lipinski definition) is 3. The molecule has 0 aromatic heterocycles. The smallest absolute Gasteiger partial charge is 0.305 e. The van der Waals surface area contributed by atoms with Crippen LogP contribution in [0.15, 0.2) is 0 Å². The first kappa shape index (κ1) is 62.9. The number of nitrogens with one attached hydrogen (secondary N) is 1. The Morgan fingerprint density at radius 1 is 0.375 bits per heavy atom. The van der Waals surface area contributed by atoms with Crippen molar-refractivity contribution in [3.8, 4) is 0 Å². The summed E-state index contributed by atoms with van der Waals surface area (Å²) in [7, 11) is 0. The zero-order chi connectivity index (χ0) is 46.5. The van der Waals surface area contributed by atoms with E-state index in [1.165, 1.54) is 263 Å². The molecule has 3 N–H and O–H groups in total. The summed E-state index contributed by atoms with van der Waals surface area (Å²) >= 11 is 0. The Bertz CT molecular complexity index is 913. The number of ether oxygens (including phenoxy) is 1. The summed E-state index contributed by atoms with van der Waals surface area (Å²) in [5.41, 5.74) is 0. The molecule has 0 aliphatic carbocycles. The second-order valence-corrected chi connectivity index (χ2v) is 20.3. The van der Waals surface area contributed by atoms with Crippen molar-refractivity contribution in [2.24, 2.45) is 0 Å². The lowest BCUT2D eigenvalue weighted by Gasteiger charge is -2.22. The van der Waals surface area contributed by atoms with E-state index in [0.717, 1.165) is 38.5 Å². The quantitative estimate of drug-likeness (QED) is 0.0417. The topological polar surface area (TPSA) is 95.9 Å². The first-order chi connectivity index (χ1) is 31.5. The molecule has 0 aromatic carbocycles. The van der Waals surface area contributed by atoms with Crippen molar-refractivity contribution in [2.75, 3.05) is 13.2 Å². The van der Waals surface area contributed by atoms with Crippen molar-refractivity contribution < 1.29 is 24.5 Å². The number of esters is 1. The van der Waals surface area contributed by atoms with Crippen LogP contribution < -0.4 is 5.32 Å². The lowest BCUT2D eigenvalue weighted by atomic mass is 10.0. The van der Waals surface area contributed by atoms with E-state index >= 15 is 0 Å². The van der Waals surface area contributed by atoms with Crippen LogP contribution in [-0.4, -0.2) is 47.4 Å². The van der Waals surface area contributed by atoms with Gasteiger partial charge in [-0.2, -0.15) is 0 Å². The fourth-order valence-corrected chi connectivity index (χ4v) is 9.41. The molecule has 0 aromatic rings. The van der Waals surface area contributed by atoms with Crippen LogP contribution in [0.3, 0.4) is 0 Å². The molecule has 64 heavy (non-hydrogen) atoms. The summed E-state index contributed by atoms with van der Waals surface area (Å²) in [5.74, 6) is -0.0236. The molecule has 2 atom stereocenters. The molecule has 0 bridgehead atoms. The molecule has 0 radical (unpaired) electrons. The van der Waals surface area contributed by atoms with Gasteiger partial charge in [0.25, 0.3) is 0 Å². The molecule has 6 heteroatoms. The molecular weight excluding hydrogens is 791 g/mol. The van der Waals surface area contributed by atoms with E-state index in [0.29, 0.717) is 25.9 Å². The summed E-state index contributed by atoms with van der Waals surface area (Å²) in [4.78, 5) is 24.5. The van der Waals surface area contributed by atoms with E-state index in [9.17, 15) is 19.8 Å². The number of aliphatic hydroxyl groups excluding tert-OH is 2. The number of unbranched alkanes of at least 4 members (excludes halogenated alkanes) is 44. The minimum absolute atomic E-state index is 0.0115. The second kappa shape index (κ2) is 54.5. The van der Waals surface area contributed by atoms with E-state index in [-0.39, 0.29) is 18.5 Å². The van der Waals surface area contributed by atoms with Crippen LogP contribution in [-0.2, 0) is 14.3 Å². The van der Waals surface area contributed by atoms with E-state index in [1.54, 1.807) is 0 Å². The Morgan fingerprint density at radius 2 is 0.641 bits per heavy atom. The van der Waals surface area contributed by atoms with Gasteiger partial charge in [-0.3, -0.25) is 9.59 Å². The lowest BCUT2D eigenvalue weighted by molar-refractivity contribution is -0.143. The molecule has 0 fully saturated rings. The fraction of sp³-hybridized carbons (Fsp3) is 0.966. The molecule has 382 valence electrons. The molecular formula is C58H115NO5. The van der Waals surface area contributed by atoms with Gasteiger partial charge in [0, 0.05) is 12.8 Å². The molecule has 2 unspecified atom stereocenters. The van der Waals surface area contributed by atoms with Gasteiger partial charge in [-0.15, -0.1) is 0 Å². The van der Waals surface area contributed by atoms with Gasteiger partial charge in [0.2, 0.25) is 5.91 Å². The number of rotatable bonds is 55. The maximum Gasteiger partial charge on any atom is 0.305 e. The normalized spacial score (nSPS) is 12.5. The minimum Gasteiger partial charge on any atom is -0.466 e. The summed E-state index contributed by atoms with van der Waals surface area (Å²) in [6.07, 6.45) is 62.3. The van der Waals surface area contributed by atoms with Crippen LogP contribution in [0.25, 0.3) is 0 Å². The predicted octanol–water partition coefficient (Wildman–Crippen LogP) is 17.9. The molecule has 0 aliphatic rings. The van der Waals surface area contributed by atoms with Crippen molar-refractivity contribution in [2.45, 2.75) is 347 Å². The molecule has 0 saturated heterocycles. The Hall–Kier alpha value is -1.14. The molecule has 0 rings (SSSR count). The van der Waals surface area contributed by atoms with E-state index in [2.05, 4.69) is 19.2 Å². The highest BCUT2D eigenvalue weighted by Gasteiger charge is 2.20. The van der Waals surface area contributed by atoms with Crippen LogP contribution >= 0.6 is 0 Å². The third-order valence-electron chi connectivity index (χ3n) is 13.9. The van der Waals surface area contributed by atoms with Crippen molar-refractivity contribution in [3.05, 3.63) is 0 Å². The first-order valence-corrected chi connectivity index (χ1v) is 29.3. The van der Waals surface area contributed by atoms with Gasteiger partial charge >= 0.3 is 5.97 Å². The van der Waals surface area contributed by atoms with Gasteiger partial charge in [0.05, 0.1) is 25.4 Å². The second-order valence-electron chi connectivity index (χ2n) is 20.3. The van der Waals surface area contributed by atoms with Gasteiger partial charge < -0.3 is 20.3 Å². The predicted molar refractivity (Wildman–Crippen MR) is 278 cm³/mol. The number of amides is 1. The molecule has 0 aliphatic heterocycles. The SMILES string of the molecule is CCCCCCCCCCCCCCCCCC(O)C(CO)NC(=O)CCCCCCCCCCCCCCCCCCCCCOC(=O)CCCCCCCCCCCCCCC. The summed E-state index contributed by atoms with van der Waals surface area (Å²) in [6.45, 7) is 4.97. The van der Waals surface area contributed by atoms with Gasteiger partial charge in [0.15, 0.2) is 0 Å². The third kappa shape index (κ3) is 50.3. The van der Waals surface area contributed by atoms with Crippen molar-refractivity contribution in [3.63, 3.8) is 0 Å². The lowest BCUT2D eigenvalue weighted by Crippen LogP contribution is -2.45. The Morgan fingerprint density at radius 3 is 0.953 bits per heavy atom. The summed E-state index contributed by atoms with van der Waals surface area (Å²) in [6, 6.07) is -0.542. The van der Waals surface area contributed by atoms with Crippen molar-refractivity contribution in [1.29, 1.82) is 0 Å². The van der Waals surface area contributed by atoms with Crippen molar-refractivity contribution >= 4 is 11.9 Å². The highest BCUT2D eigenvalue weighted by atomic mass is 16.5. The average molecular weight is 907 g/mol. The standard InChI is InChI=1S/C58H115NO5/c1-3-5-7-9-11-13-15-17-23-27-30-34-38-42-46-50-56(61)55(54-60)59-57(62)51-47-43-39-35-31-28-24-21-19-18-20-22-25-29-33-37-41-45-49-53-64-58(63)52-48-44-40-36-32-26-16-14-12-10-8-6-4-2/h55-56,60-61H,3-54H2,1-2H3,(H,59,62). The largest absolute Gasteiger partial charge is 0.466 e. The van der Waals surface area contributed by atoms with Crippen molar-refractivity contribution in [1.82, 2.24) is 5.32 Å². The summed E-state index contributed by atoms with van der Waals surface area (Å²) in [5, 5.41) is 23.3. The highest BCUT2D eigenvalue weighted by Crippen LogP contribution is 2.18. The molecule has 0 heterocycles. The number of carbonyl (C=O) groups excluding carboxylic acids is 2. The van der Waals surface area contributed by atoms with Crippen LogP contribution in [0, 0.1) is 0 Å². The highest BCUT2D eigenvalue weighted by molar-refractivity contribution is 5.76. The zero-order valence-corrected chi connectivity index (χ0v) is 43.5. The van der Waals surface area contributed by atoms with Gasteiger partial charge in [-0.05, 0) is 25.7 Å². The Balaban J connectivity index is 3.38. The van der Waals surface area contributed by atoms with Gasteiger partial charge in [0.1, 0.15) is 0 Å². The maximum absolute atomic E-state index is 12.5. The molecule has 1 amide bonds. The summed E-state index contributed by atoms with van der Waals surface area (Å²) < 4.78 is 5.48. The maximum atomic E-state index is 12.5. The number of hydrogen-bond acceptors (Lipinski definition) is 5. The van der Waals surface area contributed by atoms with Crippen LogP contribution in [0.4, 0.5) is 0 Å². The van der Waals surface area contributed by atoms with Crippen LogP contribution in [0.1, 0.15) is 335 Å². The molecule has 0 spiro atoms. The van der Waals surface area contributed by atoms with E-state index < -0.39 is 12.1 Å². The zero-order valence-electron chi connectivity index (χ0n) is 43.5.